The second kappa shape index (κ2) is 8.50. The number of halogens is 3. The summed E-state index contributed by atoms with van der Waals surface area (Å²) in [4.78, 5) is 23.6. The van der Waals surface area contributed by atoms with Gasteiger partial charge in [0.05, 0.1) is 35.8 Å². The molecule has 0 aliphatic heterocycles. The molecule has 9 heteroatoms. The number of benzene rings is 1. The molecule has 3 rings (SSSR count). The molecule has 1 aliphatic carbocycles. The Bertz CT molecular complexity index is 931. The lowest BCUT2D eigenvalue weighted by Gasteiger charge is -2.12. The number of methoxy groups -OCH3 is 1. The van der Waals surface area contributed by atoms with E-state index in [1.807, 2.05) is 0 Å². The summed E-state index contributed by atoms with van der Waals surface area (Å²) in [6, 6.07) is 4.88. The Morgan fingerprint density at radius 2 is 2.10 bits per heavy atom. The predicted octanol–water partition coefficient (Wildman–Crippen LogP) is 3.62. The third-order valence-corrected chi connectivity index (χ3v) is 4.48. The highest BCUT2D eigenvalue weighted by Crippen LogP contribution is 2.42. The fourth-order valence-corrected chi connectivity index (χ4v) is 2.91. The zero-order chi connectivity index (χ0) is 21.0. The van der Waals surface area contributed by atoms with E-state index >= 15 is 0 Å². The van der Waals surface area contributed by atoms with Gasteiger partial charge >= 0.3 is 12.1 Å². The van der Waals surface area contributed by atoms with Crippen LogP contribution in [0.25, 0.3) is 5.69 Å². The van der Waals surface area contributed by atoms with Crippen LogP contribution in [0.15, 0.2) is 42.6 Å². The number of carbonyl (C=O) groups excluding carboxylic acids is 2. The molecule has 1 aromatic heterocycles. The summed E-state index contributed by atoms with van der Waals surface area (Å²) in [6.07, 6.45) is 1.92. The SMILES string of the molecule is COC(=O)/C=C/CCNC(=O)c1cnn(-c2cccc(C(F)(F)F)c2)c1C1CC1. The van der Waals surface area contributed by atoms with Gasteiger partial charge in [-0.15, -0.1) is 0 Å². The van der Waals surface area contributed by atoms with Crippen LogP contribution in [0.4, 0.5) is 13.2 Å². The van der Waals surface area contributed by atoms with Crippen molar-refractivity contribution >= 4 is 11.9 Å². The van der Waals surface area contributed by atoms with Gasteiger partial charge in [0.15, 0.2) is 0 Å². The number of amides is 1. The molecule has 1 saturated carbocycles. The Labute approximate surface area is 165 Å². The van der Waals surface area contributed by atoms with Gasteiger partial charge in [-0.25, -0.2) is 9.48 Å². The van der Waals surface area contributed by atoms with Crippen LogP contribution in [0.5, 0.6) is 0 Å². The summed E-state index contributed by atoms with van der Waals surface area (Å²) in [5.74, 6) is -0.738. The number of hydrogen-bond acceptors (Lipinski definition) is 4. The lowest BCUT2D eigenvalue weighted by molar-refractivity contribution is -0.137. The quantitative estimate of drug-likeness (QED) is 0.432. The molecule has 6 nitrogen and oxygen atoms in total. The van der Waals surface area contributed by atoms with Gasteiger partial charge in [-0.05, 0) is 37.5 Å². The zero-order valence-electron chi connectivity index (χ0n) is 15.7. The normalized spacial score (nSPS) is 14.2. The summed E-state index contributed by atoms with van der Waals surface area (Å²) in [5.41, 5.74) is 0.464. The smallest absolute Gasteiger partial charge is 0.416 e. The first-order chi connectivity index (χ1) is 13.8. The van der Waals surface area contributed by atoms with Crippen LogP contribution in [-0.2, 0) is 15.7 Å². The molecule has 1 fully saturated rings. The van der Waals surface area contributed by atoms with Crippen molar-refractivity contribution in [3.63, 3.8) is 0 Å². The first-order valence-electron chi connectivity index (χ1n) is 9.09. The Morgan fingerprint density at radius 3 is 2.76 bits per heavy atom. The van der Waals surface area contributed by atoms with Gasteiger partial charge in [-0.3, -0.25) is 4.79 Å². The van der Waals surface area contributed by atoms with E-state index in [4.69, 9.17) is 0 Å². The summed E-state index contributed by atoms with van der Waals surface area (Å²) >= 11 is 0. The van der Waals surface area contributed by atoms with Gasteiger partial charge < -0.3 is 10.1 Å². The Balaban J connectivity index is 1.77. The molecule has 1 aromatic carbocycles. The molecular formula is C20H20F3N3O3. The second-order valence-corrected chi connectivity index (χ2v) is 6.65. The lowest BCUT2D eigenvalue weighted by atomic mass is 10.1. The van der Waals surface area contributed by atoms with E-state index in [0.29, 0.717) is 24.2 Å². The van der Waals surface area contributed by atoms with E-state index in [1.165, 1.54) is 36.2 Å². The van der Waals surface area contributed by atoms with Crippen molar-refractivity contribution in [1.82, 2.24) is 15.1 Å². The lowest BCUT2D eigenvalue weighted by Crippen LogP contribution is -2.25. The molecule has 29 heavy (non-hydrogen) atoms. The van der Waals surface area contributed by atoms with Crippen molar-refractivity contribution in [2.75, 3.05) is 13.7 Å². The van der Waals surface area contributed by atoms with Crippen LogP contribution >= 0.6 is 0 Å². The minimum absolute atomic E-state index is 0.0898. The van der Waals surface area contributed by atoms with Gasteiger partial charge in [0.1, 0.15) is 0 Å². The minimum Gasteiger partial charge on any atom is -0.466 e. The van der Waals surface area contributed by atoms with Crippen LogP contribution in [-0.4, -0.2) is 35.3 Å². The van der Waals surface area contributed by atoms with Crippen molar-refractivity contribution in [1.29, 1.82) is 0 Å². The van der Waals surface area contributed by atoms with E-state index in [1.54, 1.807) is 6.08 Å². The summed E-state index contributed by atoms with van der Waals surface area (Å²) < 4.78 is 45.0. The molecule has 2 aromatic rings. The number of esters is 1. The third-order valence-electron chi connectivity index (χ3n) is 4.48. The Morgan fingerprint density at radius 1 is 1.34 bits per heavy atom. The molecule has 1 heterocycles. The number of hydrogen-bond donors (Lipinski definition) is 1. The van der Waals surface area contributed by atoms with Crippen LogP contribution in [0.1, 0.15) is 46.8 Å². The molecule has 0 saturated heterocycles. The van der Waals surface area contributed by atoms with Gasteiger partial charge in [-0.1, -0.05) is 12.1 Å². The monoisotopic (exact) mass is 407 g/mol. The molecule has 0 radical (unpaired) electrons. The maximum absolute atomic E-state index is 13.0. The third kappa shape index (κ3) is 5.04. The first kappa shape index (κ1) is 20.6. The van der Waals surface area contributed by atoms with E-state index in [-0.39, 0.29) is 17.5 Å². The fourth-order valence-electron chi connectivity index (χ4n) is 2.91. The highest BCUT2D eigenvalue weighted by Gasteiger charge is 2.34. The highest BCUT2D eigenvalue weighted by atomic mass is 19.4. The molecule has 1 aliphatic rings. The average Bonchev–Trinajstić information content (AvgIpc) is 3.44. The maximum Gasteiger partial charge on any atom is 0.416 e. The van der Waals surface area contributed by atoms with Crippen molar-refractivity contribution in [3.05, 3.63) is 59.4 Å². The van der Waals surface area contributed by atoms with Gasteiger partial charge in [0.25, 0.3) is 5.91 Å². The molecule has 0 spiro atoms. The predicted molar refractivity (Wildman–Crippen MR) is 98.6 cm³/mol. The maximum atomic E-state index is 13.0. The van der Waals surface area contributed by atoms with Crippen molar-refractivity contribution in [3.8, 4) is 5.69 Å². The van der Waals surface area contributed by atoms with Crippen molar-refractivity contribution in [2.45, 2.75) is 31.4 Å². The Kier molecular flexibility index (Phi) is 6.05. The molecule has 0 atom stereocenters. The zero-order valence-corrected chi connectivity index (χ0v) is 15.7. The van der Waals surface area contributed by atoms with Crippen LogP contribution in [0, 0.1) is 0 Å². The number of carbonyl (C=O) groups is 2. The average molecular weight is 407 g/mol. The molecule has 154 valence electrons. The first-order valence-corrected chi connectivity index (χ1v) is 9.09. The number of aromatic nitrogens is 2. The fraction of sp³-hybridized carbons (Fsp3) is 0.350. The van der Waals surface area contributed by atoms with Crippen molar-refractivity contribution < 1.29 is 27.5 Å². The second-order valence-electron chi connectivity index (χ2n) is 6.65. The number of nitrogens with zero attached hydrogens (tertiary/aromatic N) is 2. The largest absolute Gasteiger partial charge is 0.466 e. The molecule has 0 bridgehead atoms. The Hall–Kier alpha value is -3.10. The van der Waals surface area contributed by atoms with E-state index < -0.39 is 17.7 Å². The molecule has 0 unspecified atom stereocenters. The van der Waals surface area contributed by atoms with Crippen LogP contribution < -0.4 is 5.32 Å². The number of rotatable bonds is 7. The number of alkyl halides is 3. The molecule has 1 N–H and O–H groups in total. The standard InChI is InChI=1S/C20H20F3N3O3/c1-29-17(27)7-2-3-10-24-19(28)16-12-25-26(18(16)13-8-9-13)15-6-4-5-14(11-15)20(21,22)23/h2,4-7,11-13H,3,8-10H2,1H3,(H,24,28)/b7-2+. The highest BCUT2D eigenvalue weighted by molar-refractivity contribution is 5.95. The summed E-state index contributed by atoms with van der Waals surface area (Å²) in [5, 5.41) is 6.92. The van der Waals surface area contributed by atoms with Crippen LogP contribution in [0.2, 0.25) is 0 Å². The molecule has 1 amide bonds. The van der Waals surface area contributed by atoms with Gasteiger partial charge in [0.2, 0.25) is 0 Å². The number of ether oxygens (including phenoxy) is 1. The molecular weight excluding hydrogens is 387 g/mol. The van der Waals surface area contributed by atoms with Crippen molar-refractivity contribution in [2.24, 2.45) is 0 Å². The van der Waals surface area contributed by atoms with Gasteiger partial charge in [-0.2, -0.15) is 18.3 Å². The summed E-state index contributed by atoms with van der Waals surface area (Å²) in [7, 11) is 1.27. The van der Waals surface area contributed by atoms with E-state index in [2.05, 4.69) is 15.2 Å². The number of nitrogens with one attached hydrogen (secondary N) is 1. The summed E-state index contributed by atoms with van der Waals surface area (Å²) in [6.45, 7) is 0.297. The minimum atomic E-state index is -4.46. The van der Waals surface area contributed by atoms with E-state index in [9.17, 15) is 22.8 Å². The van der Waals surface area contributed by atoms with Gasteiger partial charge in [0, 0.05) is 18.5 Å². The topological polar surface area (TPSA) is 73.2 Å². The van der Waals surface area contributed by atoms with Crippen LogP contribution in [0.3, 0.4) is 0 Å². The van der Waals surface area contributed by atoms with E-state index in [0.717, 1.165) is 25.0 Å².